The molecule has 3 aromatic carbocycles. The summed E-state index contributed by atoms with van der Waals surface area (Å²) in [6.45, 7) is 0. The van der Waals surface area contributed by atoms with Gasteiger partial charge in [0.2, 0.25) is 0 Å². The highest BCUT2D eigenvalue weighted by Gasteiger charge is 2.19. The number of nitro benzene ring substituents is 1. The van der Waals surface area contributed by atoms with Crippen LogP contribution in [0.15, 0.2) is 83.3 Å². The molecule has 0 radical (unpaired) electrons. The van der Waals surface area contributed by atoms with Gasteiger partial charge in [0.1, 0.15) is 22.5 Å². The van der Waals surface area contributed by atoms with Gasteiger partial charge in [-0.05, 0) is 60.7 Å². The minimum atomic E-state index is -0.494. The van der Waals surface area contributed by atoms with E-state index in [1.54, 1.807) is 43.5 Å². The summed E-state index contributed by atoms with van der Waals surface area (Å²) >= 11 is 0. The summed E-state index contributed by atoms with van der Waals surface area (Å²) < 4.78 is 10.8. The number of amides is 1. The number of methoxy groups -OCH3 is 1. The molecule has 0 aliphatic heterocycles. The number of anilines is 1. The number of nitro groups is 1. The molecule has 168 valence electrons. The average Bonchev–Trinajstić information content (AvgIpc) is 3.51. The topological polar surface area (TPSA) is 125 Å². The summed E-state index contributed by atoms with van der Waals surface area (Å²) in [7, 11) is 1.60. The van der Waals surface area contributed by atoms with E-state index in [-0.39, 0.29) is 17.2 Å². The Hall–Kier alpha value is -4.99. The minimum Gasteiger partial charge on any atom is -0.497 e. The fourth-order valence-electron chi connectivity index (χ4n) is 3.46. The van der Waals surface area contributed by atoms with Crippen LogP contribution in [0.5, 0.6) is 5.75 Å². The number of ether oxygens (including phenoxy) is 1. The predicted octanol–water partition coefficient (Wildman–Crippen LogP) is 4.85. The van der Waals surface area contributed by atoms with Crippen LogP contribution in [-0.4, -0.2) is 32.9 Å². The molecule has 34 heavy (non-hydrogen) atoms. The molecule has 2 aromatic heterocycles. The van der Waals surface area contributed by atoms with E-state index in [0.29, 0.717) is 22.3 Å². The lowest BCUT2D eigenvalue weighted by molar-refractivity contribution is -0.384. The van der Waals surface area contributed by atoms with E-state index in [2.05, 4.69) is 15.5 Å². The number of nitrogens with one attached hydrogen (secondary N) is 1. The Morgan fingerprint density at radius 2 is 1.76 bits per heavy atom. The highest BCUT2D eigenvalue weighted by molar-refractivity contribution is 6.03. The first-order valence-electron chi connectivity index (χ1n) is 10.2. The Labute approximate surface area is 192 Å². The molecule has 10 heteroatoms. The van der Waals surface area contributed by atoms with Crippen LogP contribution in [0.1, 0.15) is 10.6 Å². The van der Waals surface area contributed by atoms with Gasteiger partial charge in [-0.25, -0.2) is 0 Å². The maximum absolute atomic E-state index is 12.7. The van der Waals surface area contributed by atoms with Crippen LogP contribution >= 0.6 is 0 Å². The molecular weight excluding hydrogens is 438 g/mol. The van der Waals surface area contributed by atoms with Crippen molar-refractivity contribution < 1.29 is 18.9 Å². The quantitative estimate of drug-likeness (QED) is 0.286. The molecule has 0 saturated heterocycles. The number of aromatic nitrogens is 3. The number of fused-ring (bicyclic) bond motifs is 1. The molecule has 0 atom stereocenters. The molecular formula is C24H17N5O5. The zero-order chi connectivity index (χ0) is 23.7. The van der Waals surface area contributed by atoms with Crippen molar-refractivity contribution in [2.75, 3.05) is 12.4 Å². The Balaban J connectivity index is 1.36. The van der Waals surface area contributed by atoms with Gasteiger partial charge in [0.15, 0.2) is 5.76 Å². The highest BCUT2D eigenvalue weighted by atomic mass is 16.6. The number of benzene rings is 3. The number of carbonyl (C=O) groups excluding carboxylic acids is 1. The van der Waals surface area contributed by atoms with Crippen molar-refractivity contribution >= 4 is 28.3 Å². The monoisotopic (exact) mass is 455 g/mol. The van der Waals surface area contributed by atoms with Gasteiger partial charge in [0, 0.05) is 11.8 Å². The second-order valence-corrected chi connectivity index (χ2v) is 7.28. The fraction of sp³-hybridized carbons (Fsp3) is 0.0417. The highest BCUT2D eigenvalue weighted by Crippen LogP contribution is 2.31. The van der Waals surface area contributed by atoms with Crippen molar-refractivity contribution in [1.29, 1.82) is 0 Å². The van der Waals surface area contributed by atoms with Crippen molar-refractivity contribution in [3.8, 4) is 22.8 Å². The number of nitrogens with zero attached hydrogens (tertiary/aromatic N) is 4. The molecule has 0 bridgehead atoms. The maximum Gasteiger partial charge on any atom is 0.291 e. The molecule has 10 nitrogen and oxygen atoms in total. The molecule has 1 N–H and O–H groups in total. The Morgan fingerprint density at radius 1 is 1.00 bits per heavy atom. The summed E-state index contributed by atoms with van der Waals surface area (Å²) in [6.07, 6.45) is 0. The van der Waals surface area contributed by atoms with E-state index in [9.17, 15) is 14.9 Å². The van der Waals surface area contributed by atoms with Gasteiger partial charge in [0.25, 0.3) is 11.6 Å². The van der Waals surface area contributed by atoms with Crippen molar-refractivity contribution in [3.05, 3.63) is 94.7 Å². The zero-order valence-corrected chi connectivity index (χ0v) is 17.8. The summed E-state index contributed by atoms with van der Waals surface area (Å²) in [4.78, 5) is 25.0. The van der Waals surface area contributed by atoms with Crippen LogP contribution in [0.2, 0.25) is 0 Å². The molecule has 5 aromatic rings. The van der Waals surface area contributed by atoms with Crippen molar-refractivity contribution in [1.82, 2.24) is 15.0 Å². The zero-order valence-electron chi connectivity index (χ0n) is 17.8. The molecule has 0 fully saturated rings. The van der Waals surface area contributed by atoms with Gasteiger partial charge in [-0.2, -0.15) is 4.80 Å². The molecule has 2 heterocycles. The van der Waals surface area contributed by atoms with Gasteiger partial charge in [0.05, 0.1) is 23.3 Å². The SMILES string of the molecule is COc1ccc(-n2nc3ccc(NC(=O)c4ccc(-c5ccccc5[N+](=O)[O-])o4)cc3n2)cc1. The molecule has 0 aliphatic rings. The number of furan rings is 1. The second-order valence-electron chi connectivity index (χ2n) is 7.28. The largest absolute Gasteiger partial charge is 0.497 e. The predicted molar refractivity (Wildman–Crippen MR) is 124 cm³/mol. The van der Waals surface area contributed by atoms with Gasteiger partial charge >= 0.3 is 0 Å². The first kappa shape index (κ1) is 20.9. The normalized spacial score (nSPS) is 10.9. The lowest BCUT2D eigenvalue weighted by atomic mass is 10.1. The summed E-state index contributed by atoms with van der Waals surface area (Å²) in [5, 5.41) is 23.0. The number of hydrogen-bond donors (Lipinski definition) is 1. The van der Waals surface area contributed by atoms with E-state index in [0.717, 1.165) is 11.4 Å². The van der Waals surface area contributed by atoms with Crippen LogP contribution in [0.25, 0.3) is 28.0 Å². The number of carbonyl (C=O) groups is 1. The maximum atomic E-state index is 12.7. The third-order valence-electron chi connectivity index (χ3n) is 5.14. The standard InChI is InChI=1S/C24H17N5O5/c1-33-17-9-7-16(8-10-17)28-26-19-11-6-15(14-20(19)27-28)25-24(30)23-13-12-22(34-23)18-4-2-3-5-21(18)29(31)32/h2-14H,1H3,(H,25,30). The Kier molecular flexibility index (Phi) is 5.23. The van der Waals surface area contributed by atoms with Crippen molar-refractivity contribution in [2.45, 2.75) is 0 Å². The summed E-state index contributed by atoms with van der Waals surface area (Å²) in [6, 6.07) is 21.7. The smallest absolute Gasteiger partial charge is 0.291 e. The second kappa shape index (κ2) is 8.51. The van der Waals surface area contributed by atoms with E-state index < -0.39 is 10.8 Å². The van der Waals surface area contributed by atoms with Gasteiger partial charge in [-0.1, -0.05) is 12.1 Å². The van der Waals surface area contributed by atoms with Gasteiger partial charge in [-0.3, -0.25) is 14.9 Å². The molecule has 0 aliphatic carbocycles. The lowest BCUT2D eigenvalue weighted by Crippen LogP contribution is -2.10. The Morgan fingerprint density at radius 3 is 2.53 bits per heavy atom. The summed E-state index contributed by atoms with van der Waals surface area (Å²) in [5.41, 5.74) is 2.71. The number of para-hydroxylation sites is 1. The molecule has 1 amide bonds. The first-order valence-corrected chi connectivity index (χ1v) is 10.2. The van der Waals surface area contributed by atoms with Gasteiger partial charge in [-0.15, -0.1) is 10.2 Å². The molecule has 0 spiro atoms. The third-order valence-corrected chi connectivity index (χ3v) is 5.14. The van der Waals surface area contributed by atoms with E-state index in [1.165, 1.54) is 23.0 Å². The Bertz CT molecular complexity index is 1520. The average molecular weight is 455 g/mol. The molecule has 0 saturated carbocycles. The van der Waals surface area contributed by atoms with Crippen molar-refractivity contribution in [3.63, 3.8) is 0 Å². The van der Waals surface area contributed by atoms with E-state index in [1.807, 2.05) is 24.3 Å². The minimum absolute atomic E-state index is 0.0233. The first-order chi connectivity index (χ1) is 16.5. The van der Waals surface area contributed by atoms with Crippen LogP contribution in [0.3, 0.4) is 0 Å². The van der Waals surface area contributed by atoms with Crippen LogP contribution in [0, 0.1) is 10.1 Å². The van der Waals surface area contributed by atoms with Crippen LogP contribution < -0.4 is 10.1 Å². The number of rotatable bonds is 6. The van der Waals surface area contributed by atoms with Crippen molar-refractivity contribution in [2.24, 2.45) is 0 Å². The van der Waals surface area contributed by atoms with E-state index in [4.69, 9.17) is 9.15 Å². The lowest BCUT2D eigenvalue weighted by Gasteiger charge is -2.03. The third kappa shape index (κ3) is 3.95. The fourth-order valence-corrected chi connectivity index (χ4v) is 3.46. The van der Waals surface area contributed by atoms with Crippen LogP contribution in [-0.2, 0) is 0 Å². The molecule has 5 rings (SSSR count). The van der Waals surface area contributed by atoms with Gasteiger partial charge < -0.3 is 14.5 Å². The van der Waals surface area contributed by atoms with Crippen LogP contribution in [0.4, 0.5) is 11.4 Å². The van der Waals surface area contributed by atoms with E-state index >= 15 is 0 Å². The number of hydrogen-bond acceptors (Lipinski definition) is 7. The summed E-state index contributed by atoms with van der Waals surface area (Å²) in [5.74, 6) is 0.491. The molecule has 0 unspecified atom stereocenters.